The second-order valence-electron chi connectivity index (χ2n) is 7.35. The van der Waals surface area contributed by atoms with Crippen molar-refractivity contribution in [1.29, 1.82) is 0 Å². The molecule has 0 saturated carbocycles. The molecular formula is C22H30N2O8. The molecule has 0 spiro atoms. The molecule has 1 rings (SSSR count). The Morgan fingerprint density at radius 3 is 2.09 bits per heavy atom. The summed E-state index contributed by atoms with van der Waals surface area (Å²) in [6.45, 7) is 7.71. The summed E-state index contributed by atoms with van der Waals surface area (Å²) in [5, 5.41) is 0.898. The van der Waals surface area contributed by atoms with Crippen molar-refractivity contribution in [2.45, 2.75) is 40.2 Å². The molecule has 0 saturated heterocycles. The van der Waals surface area contributed by atoms with Gasteiger partial charge in [-0.05, 0) is 58.9 Å². The van der Waals surface area contributed by atoms with Gasteiger partial charge >= 0.3 is 18.0 Å². The highest BCUT2D eigenvalue weighted by molar-refractivity contribution is 6.00. The first-order chi connectivity index (χ1) is 15.0. The molecule has 1 aromatic carbocycles. The summed E-state index contributed by atoms with van der Waals surface area (Å²) in [4.78, 5) is 49.8. The van der Waals surface area contributed by atoms with Crippen molar-refractivity contribution in [3.63, 3.8) is 0 Å². The lowest BCUT2D eigenvalue weighted by Crippen LogP contribution is -2.48. The predicted molar refractivity (Wildman–Crippen MR) is 115 cm³/mol. The average molecular weight is 450 g/mol. The molecular weight excluding hydrogens is 420 g/mol. The van der Waals surface area contributed by atoms with Crippen LogP contribution in [0.25, 0.3) is 0 Å². The van der Waals surface area contributed by atoms with Crippen LogP contribution in [0.3, 0.4) is 0 Å². The molecule has 0 aliphatic heterocycles. The van der Waals surface area contributed by atoms with E-state index in [1.54, 1.807) is 46.8 Å². The molecule has 0 aliphatic carbocycles. The maximum absolute atomic E-state index is 12.8. The molecule has 0 heterocycles. The number of ether oxygens (including phenoxy) is 4. The van der Waals surface area contributed by atoms with Gasteiger partial charge < -0.3 is 18.9 Å². The molecule has 1 N–H and O–H groups in total. The maximum atomic E-state index is 12.8. The molecule has 10 nitrogen and oxygen atoms in total. The number of esters is 2. The number of rotatable bonds is 10. The second kappa shape index (κ2) is 12.3. The van der Waals surface area contributed by atoms with Gasteiger partial charge in [-0.1, -0.05) is 0 Å². The van der Waals surface area contributed by atoms with Gasteiger partial charge in [0.05, 0.1) is 26.4 Å². The molecule has 1 aromatic rings. The van der Waals surface area contributed by atoms with Crippen LogP contribution in [0.4, 0.5) is 4.79 Å². The fourth-order valence-electron chi connectivity index (χ4n) is 2.36. The standard InChI is InChI=1S/C22H30N2O8/c1-7-30-19(26)13-17(20(27)31-8-2)24(23-21(28)32-22(3,4)5)14-18(25)15-9-11-16(29-6)12-10-15/h9-13H,7-8,14H2,1-6H3,(H,23,28)/b17-13-. The number of nitrogens with zero attached hydrogens (tertiary/aromatic N) is 1. The fourth-order valence-corrected chi connectivity index (χ4v) is 2.36. The van der Waals surface area contributed by atoms with Gasteiger partial charge in [-0.3, -0.25) is 9.80 Å². The lowest BCUT2D eigenvalue weighted by atomic mass is 10.1. The Morgan fingerprint density at radius 2 is 1.59 bits per heavy atom. The third-order valence-electron chi connectivity index (χ3n) is 3.66. The largest absolute Gasteiger partial charge is 0.497 e. The van der Waals surface area contributed by atoms with Gasteiger partial charge in [0.1, 0.15) is 17.9 Å². The Morgan fingerprint density at radius 1 is 1.00 bits per heavy atom. The van der Waals surface area contributed by atoms with Crippen LogP contribution in [-0.2, 0) is 23.8 Å². The first-order valence-electron chi connectivity index (χ1n) is 10.0. The first-order valence-corrected chi connectivity index (χ1v) is 10.0. The number of hydrogen-bond donors (Lipinski definition) is 1. The summed E-state index contributed by atoms with van der Waals surface area (Å²) in [5.74, 6) is -1.68. The van der Waals surface area contributed by atoms with Crippen molar-refractivity contribution < 1.29 is 38.1 Å². The number of ketones is 1. The number of hydrogen-bond acceptors (Lipinski definition) is 9. The minimum atomic E-state index is -0.931. The van der Waals surface area contributed by atoms with Gasteiger partial charge in [-0.25, -0.2) is 19.8 Å². The minimum Gasteiger partial charge on any atom is -0.497 e. The molecule has 0 bridgehead atoms. The van der Waals surface area contributed by atoms with E-state index in [0.717, 1.165) is 11.1 Å². The number of benzene rings is 1. The fraction of sp³-hybridized carbons (Fsp3) is 0.455. The summed E-state index contributed by atoms with van der Waals surface area (Å²) >= 11 is 0. The molecule has 0 aliphatic rings. The molecule has 0 aromatic heterocycles. The van der Waals surface area contributed by atoms with E-state index in [-0.39, 0.29) is 13.2 Å². The van der Waals surface area contributed by atoms with E-state index in [2.05, 4.69) is 5.43 Å². The SMILES string of the molecule is CCOC(=O)/C=C(/C(=O)OCC)N(CC(=O)c1ccc(OC)cc1)NC(=O)OC(C)(C)C. The zero-order valence-electron chi connectivity index (χ0n) is 19.2. The molecule has 0 unspecified atom stereocenters. The third kappa shape index (κ3) is 9.07. The number of nitrogens with one attached hydrogen (secondary N) is 1. The molecule has 10 heteroatoms. The lowest BCUT2D eigenvalue weighted by Gasteiger charge is -2.28. The third-order valence-corrected chi connectivity index (χ3v) is 3.66. The van der Waals surface area contributed by atoms with Crippen molar-refractivity contribution in [3.05, 3.63) is 41.6 Å². The Labute approximate surface area is 187 Å². The van der Waals surface area contributed by atoms with Crippen LogP contribution in [0.5, 0.6) is 5.75 Å². The Kier molecular flexibility index (Phi) is 10.2. The highest BCUT2D eigenvalue weighted by atomic mass is 16.6. The predicted octanol–water partition coefficient (Wildman–Crippen LogP) is 2.63. The van der Waals surface area contributed by atoms with Gasteiger partial charge in [0.15, 0.2) is 11.5 Å². The number of hydrazine groups is 1. The number of methoxy groups -OCH3 is 1. The Hall–Kier alpha value is -3.56. The van der Waals surface area contributed by atoms with Crippen molar-refractivity contribution in [2.24, 2.45) is 0 Å². The topological polar surface area (TPSA) is 120 Å². The van der Waals surface area contributed by atoms with Crippen LogP contribution in [0.2, 0.25) is 0 Å². The molecule has 0 radical (unpaired) electrons. The highest BCUT2D eigenvalue weighted by Gasteiger charge is 2.27. The van der Waals surface area contributed by atoms with Gasteiger partial charge in [-0.15, -0.1) is 0 Å². The van der Waals surface area contributed by atoms with Crippen molar-refractivity contribution in [1.82, 2.24) is 10.4 Å². The number of carbonyl (C=O) groups is 4. The smallest absolute Gasteiger partial charge is 0.426 e. The molecule has 0 atom stereocenters. The van der Waals surface area contributed by atoms with Crippen LogP contribution >= 0.6 is 0 Å². The second-order valence-corrected chi connectivity index (χ2v) is 7.35. The van der Waals surface area contributed by atoms with E-state index in [4.69, 9.17) is 18.9 Å². The summed E-state index contributed by atoms with van der Waals surface area (Å²) in [6.07, 6.45) is -0.0840. The lowest BCUT2D eigenvalue weighted by molar-refractivity contribution is -0.142. The molecule has 1 amide bonds. The number of amides is 1. The molecule has 0 fully saturated rings. The number of Topliss-reactive ketones (excluding diaryl/α,β-unsaturated/α-hetero) is 1. The van der Waals surface area contributed by atoms with Crippen LogP contribution in [0, 0.1) is 0 Å². The molecule has 176 valence electrons. The summed E-state index contributed by atoms with van der Waals surface area (Å²) < 4.78 is 20.1. The normalized spacial score (nSPS) is 11.2. The van der Waals surface area contributed by atoms with Gasteiger partial charge in [0.2, 0.25) is 0 Å². The van der Waals surface area contributed by atoms with E-state index in [0.29, 0.717) is 11.3 Å². The average Bonchev–Trinajstić information content (AvgIpc) is 2.70. The monoisotopic (exact) mass is 450 g/mol. The number of carbonyl (C=O) groups excluding carboxylic acids is 4. The van der Waals surface area contributed by atoms with Crippen LogP contribution in [0.1, 0.15) is 45.0 Å². The van der Waals surface area contributed by atoms with E-state index in [1.165, 1.54) is 19.2 Å². The van der Waals surface area contributed by atoms with Crippen LogP contribution in [0.15, 0.2) is 36.0 Å². The summed E-state index contributed by atoms with van der Waals surface area (Å²) in [6, 6.07) is 6.26. The minimum absolute atomic E-state index is 0.00566. The van der Waals surface area contributed by atoms with Crippen molar-refractivity contribution >= 4 is 23.8 Å². The van der Waals surface area contributed by atoms with E-state index in [1.807, 2.05) is 0 Å². The first kappa shape index (κ1) is 26.5. The van der Waals surface area contributed by atoms with Gasteiger partial charge in [-0.2, -0.15) is 0 Å². The van der Waals surface area contributed by atoms with E-state index < -0.39 is 41.7 Å². The highest BCUT2D eigenvalue weighted by Crippen LogP contribution is 2.14. The van der Waals surface area contributed by atoms with Crippen LogP contribution in [-0.4, -0.2) is 61.3 Å². The molecule has 32 heavy (non-hydrogen) atoms. The summed E-state index contributed by atoms with van der Waals surface area (Å²) in [5.41, 5.74) is 1.39. The summed E-state index contributed by atoms with van der Waals surface area (Å²) in [7, 11) is 1.50. The van der Waals surface area contributed by atoms with Gasteiger partial charge in [0.25, 0.3) is 0 Å². The van der Waals surface area contributed by atoms with Crippen LogP contribution < -0.4 is 10.2 Å². The zero-order valence-corrected chi connectivity index (χ0v) is 19.2. The van der Waals surface area contributed by atoms with E-state index >= 15 is 0 Å². The van der Waals surface area contributed by atoms with E-state index in [9.17, 15) is 19.2 Å². The zero-order chi connectivity index (χ0) is 24.3. The van der Waals surface area contributed by atoms with Crippen molar-refractivity contribution in [3.8, 4) is 5.75 Å². The Bertz CT molecular complexity index is 840. The quantitative estimate of drug-likeness (QED) is 0.188. The van der Waals surface area contributed by atoms with Crippen molar-refractivity contribution in [2.75, 3.05) is 26.9 Å². The van der Waals surface area contributed by atoms with Gasteiger partial charge in [0, 0.05) is 5.56 Å². The maximum Gasteiger partial charge on any atom is 0.426 e. The Balaban J connectivity index is 3.29.